The zero-order valence-corrected chi connectivity index (χ0v) is 10.7. The van der Waals surface area contributed by atoms with E-state index < -0.39 is 0 Å². The highest BCUT2D eigenvalue weighted by Gasteiger charge is 2.21. The lowest BCUT2D eigenvalue weighted by molar-refractivity contribution is 0.493. The maximum absolute atomic E-state index is 4.01. The van der Waals surface area contributed by atoms with Gasteiger partial charge in [-0.05, 0) is 12.0 Å². The second-order valence-corrected chi connectivity index (χ2v) is 4.80. The molecule has 1 atom stereocenters. The molecule has 0 unspecified atom stereocenters. The van der Waals surface area contributed by atoms with Gasteiger partial charge in [0.05, 0.1) is 0 Å². The lowest BCUT2D eigenvalue weighted by atomic mass is 9.78. The second-order valence-electron chi connectivity index (χ2n) is 4.80. The Morgan fingerprint density at radius 3 is 2.38 bits per heavy atom. The lowest BCUT2D eigenvalue weighted by Crippen LogP contribution is -2.18. The van der Waals surface area contributed by atoms with Crippen molar-refractivity contribution in [3.63, 3.8) is 0 Å². The van der Waals surface area contributed by atoms with Crippen molar-refractivity contribution in [2.75, 3.05) is 0 Å². The van der Waals surface area contributed by atoms with E-state index >= 15 is 0 Å². The van der Waals surface area contributed by atoms with Crippen molar-refractivity contribution in [3.05, 3.63) is 48.6 Å². The molecule has 1 rings (SSSR count). The van der Waals surface area contributed by atoms with E-state index in [0.29, 0.717) is 0 Å². The molecule has 0 heteroatoms. The summed E-state index contributed by atoms with van der Waals surface area (Å²) >= 11 is 0. The van der Waals surface area contributed by atoms with Crippen LogP contribution in [0.3, 0.4) is 0 Å². The smallest absolute Gasteiger partial charge is 0.0101 e. The quantitative estimate of drug-likeness (QED) is 0.439. The Labute approximate surface area is 100 Å². The van der Waals surface area contributed by atoms with Gasteiger partial charge in [-0.25, -0.2) is 0 Å². The van der Waals surface area contributed by atoms with Crippen molar-refractivity contribution < 1.29 is 0 Å². The molecule has 0 amide bonds. The predicted octanol–water partition coefficient (Wildman–Crippen LogP) is 5.10. The predicted molar refractivity (Wildman–Crippen MR) is 72.8 cm³/mol. The summed E-state index contributed by atoms with van der Waals surface area (Å²) in [6.07, 6.45) is 8.60. The number of benzene rings is 1. The fourth-order valence-corrected chi connectivity index (χ4v) is 2.10. The first kappa shape index (κ1) is 13.0. The van der Waals surface area contributed by atoms with Gasteiger partial charge in [-0.3, -0.25) is 0 Å². The second kappa shape index (κ2) is 6.52. The summed E-state index contributed by atoms with van der Waals surface area (Å²) in [4.78, 5) is 0. The molecule has 88 valence electrons. The highest BCUT2D eigenvalue weighted by Crippen LogP contribution is 2.30. The summed E-state index contributed by atoms with van der Waals surface area (Å²) in [5.74, 6) is 0. The summed E-state index contributed by atoms with van der Waals surface area (Å²) in [5.41, 5.74) is 1.54. The number of hydrogen-bond donors (Lipinski definition) is 0. The molecule has 1 aromatic carbocycles. The molecule has 0 aliphatic heterocycles. The Kier molecular flexibility index (Phi) is 5.31. The fraction of sp³-hybridized carbons (Fsp3) is 0.500. The summed E-state index contributed by atoms with van der Waals surface area (Å²) < 4.78 is 0. The maximum atomic E-state index is 4.01. The molecule has 1 aromatic rings. The minimum Gasteiger partial charge on any atom is -0.102 e. The molecule has 0 spiro atoms. The van der Waals surface area contributed by atoms with E-state index in [0.717, 1.165) is 0 Å². The van der Waals surface area contributed by atoms with E-state index in [4.69, 9.17) is 0 Å². The number of rotatable bonds is 7. The largest absolute Gasteiger partial charge is 0.102 e. The molecule has 0 radical (unpaired) electrons. The van der Waals surface area contributed by atoms with Crippen LogP contribution in [0.15, 0.2) is 43.0 Å². The molecule has 0 aromatic heterocycles. The van der Waals surface area contributed by atoms with Crippen LogP contribution in [0.5, 0.6) is 0 Å². The van der Waals surface area contributed by atoms with E-state index in [1.54, 1.807) is 0 Å². The van der Waals surface area contributed by atoms with Crippen LogP contribution in [0, 0.1) is 0 Å². The zero-order valence-electron chi connectivity index (χ0n) is 10.7. The average Bonchev–Trinajstić information content (AvgIpc) is 2.35. The van der Waals surface area contributed by atoms with Crippen LogP contribution in [0.2, 0.25) is 0 Å². The molecule has 16 heavy (non-hydrogen) atoms. The number of hydrogen-bond acceptors (Lipinski definition) is 0. The molecule has 0 aliphatic carbocycles. The van der Waals surface area contributed by atoms with E-state index in [9.17, 15) is 0 Å². The Morgan fingerprint density at radius 1 is 1.12 bits per heavy atom. The highest BCUT2D eigenvalue weighted by atomic mass is 14.2. The van der Waals surface area contributed by atoms with Crippen LogP contribution in [0.1, 0.15) is 51.5 Å². The standard InChI is InChI=1S/C16H24/c1-4-6-7-11-14-16(3,5-2)15-12-9-8-10-13-15/h5,8-10,12-13H,2,4,6-7,11,14H2,1,3H3/t16-/m1/s1. The minimum absolute atomic E-state index is 0.148. The van der Waals surface area contributed by atoms with Crippen LogP contribution in [-0.2, 0) is 5.41 Å². The first-order valence-electron chi connectivity index (χ1n) is 6.42. The summed E-state index contributed by atoms with van der Waals surface area (Å²) in [6, 6.07) is 10.7. The number of unbranched alkanes of at least 4 members (excludes halogenated alkanes) is 3. The maximum Gasteiger partial charge on any atom is 0.0101 e. The van der Waals surface area contributed by atoms with E-state index in [-0.39, 0.29) is 5.41 Å². The third-order valence-electron chi connectivity index (χ3n) is 3.43. The van der Waals surface area contributed by atoms with Crippen LogP contribution >= 0.6 is 0 Å². The Morgan fingerprint density at radius 2 is 1.81 bits per heavy atom. The van der Waals surface area contributed by atoms with Crippen molar-refractivity contribution in [2.45, 2.75) is 51.4 Å². The van der Waals surface area contributed by atoms with Crippen molar-refractivity contribution in [1.29, 1.82) is 0 Å². The molecular weight excluding hydrogens is 192 g/mol. The summed E-state index contributed by atoms with van der Waals surface area (Å²) in [7, 11) is 0. The van der Waals surface area contributed by atoms with Crippen LogP contribution in [0.4, 0.5) is 0 Å². The van der Waals surface area contributed by atoms with Gasteiger partial charge in [0.2, 0.25) is 0 Å². The minimum atomic E-state index is 0.148. The lowest BCUT2D eigenvalue weighted by Gasteiger charge is -2.26. The monoisotopic (exact) mass is 216 g/mol. The van der Waals surface area contributed by atoms with E-state index in [1.165, 1.54) is 37.7 Å². The average molecular weight is 216 g/mol. The molecule has 0 heterocycles. The third-order valence-corrected chi connectivity index (χ3v) is 3.43. The molecule has 0 N–H and O–H groups in total. The molecule has 0 fully saturated rings. The van der Waals surface area contributed by atoms with Gasteiger partial charge in [-0.15, -0.1) is 6.58 Å². The first-order chi connectivity index (χ1) is 7.73. The van der Waals surface area contributed by atoms with Gasteiger partial charge in [0, 0.05) is 5.41 Å². The van der Waals surface area contributed by atoms with Gasteiger partial charge in [-0.1, -0.05) is 75.9 Å². The SMILES string of the molecule is C=C[C@](C)(CCCCCC)c1ccccc1. The molecule has 0 nitrogen and oxygen atoms in total. The third kappa shape index (κ3) is 3.52. The topological polar surface area (TPSA) is 0 Å². The van der Waals surface area contributed by atoms with Gasteiger partial charge >= 0.3 is 0 Å². The molecule has 0 aliphatic rings. The van der Waals surface area contributed by atoms with Crippen molar-refractivity contribution in [1.82, 2.24) is 0 Å². The van der Waals surface area contributed by atoms with E-state index in [2.05, 4.69) is 56.8 Å². The Balaban J connectivity index is 2.60. The highest BCUT2D eigenvalue weighted by molar-refractivity contribution is 5.28. The molecule has 0 bridgehead atoms. The van der Waals surface area contributed by atoms with Gasteiger partial charge in [0.25, 0.3) is 0 Å². The first-order valence-corrected chi connectivity index (χ1v) is 6.42. The van der Waals surface area contributed by atoms with E-state index in [1.807, 2.05) is 0 Å². The fourth-order valence-electron chi connectivity index (χ4n) is 2.10. The molecule has 0 saturated carbocycles. The van der Waals surface area contributed by atoms with Crippen LogP contribution in [-0.4, -0.2) is 0 Å². The zero-order chi connectivity index (χ0) is 11.9. The van der Waals surface area contributed by atoms with Gasteiger partial charge in [0.1, 0.15) is 0 Å². The summed E-state index contributed by atoms with van der Waals surface area (Å²) in [6.45, 7) is 8.55. The van der Waals surface area contributed by atoms with Crippen molar-refractivity contribution in [2.24, 2.45) is 0 Å². The Bertz CT molecular complexity index is 299. The van der Waals surface area contributed by atoms with Gasteiger partial charge in [-0.2, -0.15) is 0 Å². The van der Waals surface area contributed by atoms with Gasteiger partial charge < -0.3 is 0 Å². The normalized spacial score (nSPS) is 14.4. The van der Waals surface area contributed by atoms with Crippen LogP contribution in [0.25, 0.3) is 0 Å². The van der Waals surface area contributed by atoms with Crippen molar-refractivity contribution in [3.8, 4) is 0 Å². The van der Waals surface area contributed by atoms with Crippen LogP contribution < -0.4 is 0 Å². The van der Waals surface area contributed by atoms with Gasteiger partial charge in [0.15, 0.2) is 0 Å². The molecular formula is C16H24. The molecule has 0 saturated heterocycles. The number of allylic oxidation sites excluding steroid dienone is 1. The summed E-state index contributed by atoms with van der Waals surface area (Å²) in [5, 5.41) is 0. The van der Waals surface area contributed by atoms with Crippen molar-refractivity contribution >= 4 is 0 Å². The Hall–Kier alpha value is -1.04.